The molecule has 0 radical (unpaired) electrons. The van der Waals surface area contributed by atoms with E-state index in [-0.39, 0.29) is 17.7 Å². The molecule has 2 aliphatic rings. The Morgan fingerprint density at radius 3 is 2.41 bits per heavy atom. The zero-order chi connectivity index (χ0) is 12.6. The van der Waals surface area contributed by atoms with Gasteiger partial charge in [-0.3, -0.25) is 4.79 Å². The largest absolute Gasteiger partial charge is 0.480 e. The summed E-state index contributed by atoms with van der Waals surface area (Å²) < 4.78 is 0. The maximum atomic E-state index is 12.0. The van der Waals surface area contributed by atoms with Gasteiger partial charge in [-0.1, -0.05) is 0 Å². The highest BCUT2D eigenvalue weighted by molar-refractivity contribution is 5.88. The third-order valence-corrected chi connectivity index (χ3v) is 3.98. The van der Waals surface area contributed by atoms with Gasteiger partial charge in [0.2, 0.25) is 5.91 Å². The minimum atomic E-state index is -1.07. The molecule has 0 aromatic rings. The number of carboxylic acid groups (broad SMARTS) is 1. The summed E-state index contributed by atoms with van der Waals surface area (Å²) in [4.78, 5) is 25.4. The number of carboxylic acids is 1. The van der Waals surface area contributed by atoms with Crippen LogP contribution in [0.1, 0.15) is 26.2 Å². The summed E-state index contributed by atoms with van der Waals surface area (Å²) in [6, 6.07) is 0. The number of carbonyl (C=O) groups excluding carboxylic acids is 1. The lowest BCUT2D eigenvalue weighted by Gasteiger charge is -2.27. The molecule has 17 heavy (non-hydrogen) atoms. The number of aliphatic carboxylic acids is 1. The second kappa shape index (κ2) is 4.29. The molecule has 2 unspecified atom stereocenters. The number of nitrogens with one attached hydrogen (secondary N) is 1. The molecule has 0 aromatic carbocycles. The monoisotopic (exact) mass is 240 g/mol. The molecule has 5 nitrogen and oxygen atoms in total. The standard InChI is InChI=1S/C12H20N2O3/c1-12(11(16)17,9-3-4-9)13-10(15)8-5-6-14(2)7-8/h8-9H,3-7H2,1-2H3,(H,13,15)(H,16,17). The summed E-state index contributed by atoms with van der Waals surface area (Å²) in [5, 5.41) is 12.0. The number of hydrogen-bond donors (Lipinski definition) is 2. The van der Waals surface area contributed by atoms with Crippen molar-refractivity contribution in [2.45, 2.75) is 31.7 Å². The van der Waals surface area contributed by atoms with Gasteiger partial charge in [-0.05, 0) is 45.7 Å². The third kappa shape index (κ3) is 2.44. The van der Waals surface area contributed by atoms with E-state index in [9.17, 15) is 14.7 Å². The average Bonchev–Trinajstić information content (AvgIpc) is 3.01. The minimum absolute atomic E-state index is 0.0579. The summed E-state index contributed by atoms with van der Waals surface area (Å²) in [6.45, 7) is 3.26. The first-order valence-corrected chi connectivity index (χ1v) is 6.17. The molecule has 2 atom stereocenters. The highest BCUT2D eigenvalue weighted by Crippen LogP contribution is 2.40. The Morgan fingerprint density at radius 2 is 2.00 bits per heavy atom. The molecule has 5 heteroatoms. The van der Waals surface area contributed by atoms with Gasteiger partial charge in [0.05, 0.1) is 5.92 Å². The molecule has 0 spiro atoms. The first-order valence-electron chi connectivity index (χ1n) is 6.17. The topological polar surface area (TPSA) is 69.6 Å². The first-order chi connectivity index (χ1) is 7.93. The van der Waals surface area contributed by atoms with Crippen LogP contribution in [0.3, 0.4) is 0 Å². The van der Waals surface area contributed by atoms with Crippen LogP contribution in [-0.2, 0) is 9.59 Å². The van der Waals surface area contributed by atoms with Crippen molar-refractivity contribution in [2.24, 2.45) is 11.8 Å². The Balaban J connectivity index is 1.98. The first kappa shape index (κ1) is 12.4. The second-order valence-corrected chi connectivity index (χ2v) is 5.52. The fraction of sp³-hybridized carbons (Fsp3) is 0.833. The maximum absolute atomic E-state index is 12.0. The van der Waals surface area contributed by atoms with Crippen molar-refractivity contribution in [1.29, 1.82) is 0 Å². The van der Waals surface area contributed by atoms with Gasteiger partial charge in [-0.15, -0.1) is 0 Å². The molecule has 1 heterocycles. The van der Waals surface area contributed by atoms with Gasteiger partial charge in [-0.25, -0.2) is 4.79 Å². The Kier molecular flexibility index (Phi) is 3.12. The van der Waals surface area contributed by atoms with Gasteiger partial charge in [0, 0.05) is 6.54 Å². The highest BCUT2D eigenvalue weighted by Gasteiger charge is 2.49. The molecular weight excluding hydrogens is 220 g/mol. The van der Waals surface area contributed by atoms with Gasteiger partial charge >= 0.3 is 5.97 Å². The molecule has 1 amide bonds. The third-order valence-electron chi connectivity index (χ3n) is 3.98. The Bertz CT molecular complexity index is 341. The van der Waals surface area contributed by atoms with Crippen LogP contribution in [0.4, 0.5) is 0 Å². The summed E-state index contributed by atoms with van der Waals surface area (Å²) in [7, 11) is 1.98. The highest BCUT2D eigenvalue weighted by atomic mass is 16.4. The predicted molar refractivity (Wildman–Crippen MR) is 62.5 cm³/mol. The minimum Gasteiger partial charge on any atom is -0.480 e. The van der Waals surface area contributed by atoms with Crippen LogP contribution >= 0.6 is 0 Å². The van der Waals surface area contributed by atoms with Crippen LogP contribution in [0.25, 0.3) is 0 Å². The quantitative estimate of drug-likeness (QED) is 0.742. The normalized spacial score (nSPS) is 28.7. The fourth-order valence-electron chi connectivity index (χ4n) is 2.50. The van der Waals surface area contributed by atoms with Crippen molar-refractivity contribution in [1.82, 2.24) is 10.2 Å². The van der Waals surface area contributed by atoms with E-state index >= 15 is 0 Å². The van der Waals surface area contributed by atoms with E-state index in [0.29, 0.717) is 0 Å². The molecule has 1 aliphatic heterocycles. The number of amides is 1. The van der Waals surface area contributed by atoms with Crippen LogP contribution < -0.4 is 5.32 Å². The summed E-state index contributed by atoms with van der Waals surface area (Å²) in [5.74, 6) is -0.980. The molecule has 1 aliphatic carbocycles. The molecule has 2 fully saturated rings. The van der Waals surface area contributed by atoms with Crippen molar-refractivity contribution in [3.05, 3.63) is 0 Å². The van der Waals surface area contributed by atoms with Crippen molar-refractivity contribution in [3.8, 4) is 0 Å². The van der Waals surface area contributed by atoms with E-state index in [1.807, 2.05) is 7.05 Å². The van der Waals surface area contributed by atoms with Crippen molar-refractivity contribution < 1.29 is 14.7 Å². The van der Waals surface area contributed by atoms with Crippen LogP contribution in [-0.4, -0.2) is 47.6 Å². The second-order valence-electron chi connectivity index (χ2n) is 5.52. The maximum Gasteiger partial charge on any atom is 0.329 e. The SMILES string of the molecule is CN1CCC(C(=O)NC(C)(C(=O)O)C2CC2)C1. The summed E-state index contributed by atoms with van der Waals surface area (Å²) in [5.41, 5.74) is -1.07. The summed E-state index contributed by atoms with van der Waals surface area (Å²) >= 11 is 0. The van der Waals surface area contributed by atoms with Crippen molar-refractivity contribution in [2.75, 3.05) is 20.1 Å². The number of carbonyl (C=O) groups is 2. The molecule has 0 bridgehead atoms. The van der Waals surface area contributed by atoms with Gasteiger partial charge in [0.25, 0.3) is 0 Å². The predicted octanol–water partition coefficient (Wildman–Crippen LogP) is 0.308. The van der Waals surface area contributed by atoms with E-state index in [1.54, 1.807) is 6.92 Å². The Labute approximate surface area is 101 Å². The van der Waals surface area contributed by atoms with E-state index in [2.05, 4.69) is 10.2 Å². The molecule has 1 saturated carbocycles. The molecular formula is C12H20N2O3. The van der Waals surface area contributed by atoms with Crippen molar-refractivity contribution >= 4 is 11.9 Å². The Morgan fingerprint density at radius 1 is 1.35 bits per heavy atom. The van der Waals surface area contributed by atoms with Crippen LogP contribution in [0.2, 0.25) is 0 Å². The van der Waals surface area contributed by atoms with Crippen LogP contribution in [0.5, 0.6) is 0 Å². The summed E-state index contributed by atoms with van der Waals surface area (Å²) in [6.07, 6.45) is 2.62. The van der Waals surface area contributed by atoms with Gasteiger partial charge in [-0.2, -0.15) is 0 Å². The lowest BCUT2D eigenvalue weighted by molar-refractivity contribution is -0.148. The van der Waals surface area contributed by atoms with Crippen LogP contribution in [0, 0.1) is 11.8 Å². The smallest absolute Gasteiger partial charge is 0.329 e. The van der Waals surface area contributed by atoms with E-state index in [0.717, 1.165) is 32.4 Å². The number of likely N-dealkylation sites (tertiary alicyclic amines) is 1. The number of hydrogen-bond acceptors (Lipinski definition) is 3. The lowest BCUT2D eigenvalue weighted by atomic mass is 9.94. The van der Waals surface area contributed by atoms with Gasteiger partial charge in [0.1, 0.15) is 5.54 Å². The van der Waals surface area contributed by atoms with Gasteiger partial charge in [0.15, 0.2) is 0 Å². The van der Waals surface area contributed by atoms with Gasteiger partial charge < -0.3 is 15.3 Å². The zero-order valence-electron chi connectivity index (χ0n) is 10.4. The zero-order valence-corrected chi connectivity index (χ0v) is 10.4. The number of nitrogens with zero attached hydrogens (tertiary/aromatic N) is 1. The van der Waals surface area contributed by atoms with Crippen molar-refractivity contribution in [3.63, 3.8) is 0 Å². The lowest BCUT2D eigenvalue weighted by Crippen LogP contribution is -2.55. The molecule has 0 aromatic heterocycles. The Hall–Kier alpha value is -1.10. The average molecular weight is 240 g/mol. The molecule has 2 rings (SSSR count). The molecule has 1 saturated heterocycles. The molecule has 2 N–H and O–H groups in total. The fourth-order valence-corrected chi connectivity index (χ4v) is 2.50. The van der Waals surface area contributed by atoms with E-state index < -0.39 is 11.5 Å². The molecule has 96 valence electrons. The number of rotatable bonds is 4. The van der Waals surface area contributed by atoms with E-state index in [1.165, 1.54) is 0 Å². The van der Waals surface area contributed by atoms with E-state index in [4.69, 9.17) is 0 Å². The van der Waals surface area contributed by atoms with Crippen LogP contribution in [0.15, 0.2) is 0 Å².